The molecule has 1 aromatic carbocycles. The Morgan fingerprint density at radius 2 is 2.08 bits per heavy atom. The number of hydrogen-bond acceptors (Lipinski definition) is 4. The summed E-state index contributed by atoms with van der Waals surface area (Å²) < 4.78 is 7.59. The Labute approximate surface area is 146 Å². The van der Waals surface area contributed by atoms with E-state index in [1.807, 2.05) is 22.8 Å². The molecule has 1 atom stereocenters. The van der Waals surface area contributed by atoms with Crippen molar-refractivity contribution in [3.05, 3.63) is 57.6 Å². The molecule has 126 valence electrons. The summed E-state index contributed by atoms with van der Waals surface area (Å²) in [6, 6.07) is 10.4. The van der Waals surface area contributed by atoms with E-state index in [1.165, 1.54) is 16.8 Å². The second-order valence-corrected chi connectivity index (χ2v) is 7.46. The zero-order valence-corrected chi connectivity index (χ0v) is 14.6. The normalized spacial score (nSPS) is 19.6. The highest BCUT2D eigenvalue weighted by Crippen LogP contribution is 2.31. The Morgan fingerprint density at radius 1 is 1.21 bits per heavy atom. The van der Waals surface area contributed by atoms with Crippen LogP contribution in [0.3, 0.4) is 0 Å². The first kappa shape index (κ1) is 15.9. The minimum Gasteiger partial charge on any atom is -0.376 e. The van der Waals surface area contributed by atoms with Gasteiger partial charge in [-0.2, -0.15) is 4.98 Å². The van der Waals surface area contributed by atoms with Gasteiger partial charge in [-0.1, -0.05) is 30.3 Å². The third kappa shape index (κ3) is 3.28. The molecule has 0 saturated carbocycles. The molecule has 0 spiro atoms. The van der Waals surface area contributed by atoms with Crippen LogP contribution in [0, 0.1) is 0 Å². The minimum absolute atomic E-state index is 0.110. The van der Waals surface area contributed by atoms with Crippen LogP contribution in [0.25, 0.3) is 0 Å². The van der Waals surface area contributed by atoms with Crippen molar-refractivity contribution < 1.29 is 4.74 Å². The Bertz CT molecular complexity index is 767. The predicted octanol–water partition coefficient (Wildman–Crippen LogP) is 3.20. The molecule has 2 aromatic rings. The van der Waals surface area contributed by atoms with Gasteiger partial charge in [-0.3, -0.25) is 4.57 Å². The number of fused-ring (bicyclic) bond motifs is 1. The molecular weight excluding hydrogens is 320 g/mol. The first-order valence-electron chi connectivity index (χ1n) is 8.72. The lowest BCUT2D eigenvalue weighted by atomic mass is 10.2. The molecule has 1 aromatic heterocycles. The summed E-state index contributed by atoms with van der Waals surface area (Å²) in [5.74, 6) is 0.857. The van der Waals surface area contributed by atoms with Gasteiger partial charge in [0.1, 0.15) is 5.03 Å². The fourth-order valence-corrected chi connectivity index (χ4v) is 4.64. The molecule has 0 radical (unpaired) electrons. The molecule has 4 nitrogen and oxygen atoms in total. The molecule has 1 saturated heterocycles. The number of hydrogen-bond donors (Lipinski definition) is 0. The summed E-state index contributed by atoms with van der Waals surface area (Å²) in [5, 5.41) is 0.931. The van der Waals surface area contributed by atoms with Crippen molar-refractivity contribution in [2.24, 2.45) is 0 Å². The number of aromatic nitrogens is 2. The molecule has 0 unspecified atom stereocenters. The van der Waals surface area contributed by atoms with Crippen molar-refractivity contribution >= 4 is 11.8 Å². The molecule has 2 aliphatic rings. The van der Waals surface area contributed by atoms with Gasteiger partial charge >= 0.3 is 5.69 Å². The third-order valence-corrected chi connectivity index (χ3v) is 5.92. The molecule has 0 amide bonds. The summed E-state index contributed by atoms with van der Waals surface area (Å²) >= 11 is 1.69. The maximum absolute atomic E-state index is 12.6. The predicted molar refractivity (Wildman–Crippen MR) is 95.5 cm³/mol. The molecule has 24 heavy (non-hydrogen) atoms. The number of ether oxygens (including phenoxy) is 1. The first-order valence-corrected chi connectivity index (χ1v) is 9.71. The van der Waals surface area contributed by atoms with Crippen LogP contribution in [0.15, 0.2) is 40.2 Å². The Balaban J connectivity index is 1.58. The molecule has 5 heteroatoms. The van der Waals surface area contributed by atoms with Crippen LogP contribution in [-0.2, 0) is 29.9 Å². The number of rotatable bonds is 5. The Hall–Kier alpha value is -1.59. The summed E-state index contributed by atoms with van der Waals surface area (Å²) in [4.78, 5) is 17.0. The van der Waals surface area contributed by atoms with E-state index >= 15 is 0 Å². The van der Waals surface area contributed by atoms with Gasteiger partial charge in [-0.05, 0) is 37.7 Å². The fourth-order valence-electron chi connectivity index (χ4n) is 3.61. The number of benzene rings is 1. The maximum Gasteiger partial charge on any atom is 0.348 e. The van der Waals surface area contributed by atoms with E-state index in [-0.39, 0.29) is 11.8 Å². The SMILES string of the molecule is O=c1nc(SCc2ccccc2)c2c(n1C[C@H]1CCCO1)CCC2. The zero-order chi connectivity index (χ0) is 16.4. The molecule has 1 fully saturated rings. The number of thioether (sulfide) groups is 1. The molecule has 1 aliphatic carbocycles. The van der Waals surface area contributed by atoms with Crippen LogP contribution >= 0.6 is 11.8 Å². The van der Waals surface area contributed by atoms with Gasteiger partial charge in [-0.25, -0.2) is 4.79 Å². The van der Waals surface area contributed by atoms with Crippen LogP contribution in [0.4, 0.5) is 0 Å². The molecule has 1 aliphatic heterocycles. The lowest BCUT2D eigenvalue weighted by molar-refractivity contribution is 0.0950. The lowest BCUT2D eigenvalue weighted by Gasteiger charge is -2.17. The second kappa shape index (κ2) is 7.11. The van der Waals surface area contributed by atoms with Crippen molar-refractivity contribution in [3.63, 3.8) is 0 Å². The second-order valence-electron chi connectivity index (χ2n) is 6.50. The molecular formula is C19H22N2O2S. The van der Waals surface area contributed by atoms with Crippen LogP contribution in [0.1, 0.15) is 36.1 Å². The van der Waals surface area contributed by atoms with E-state index in [0.717, 1.165) is 49.5 Å². The largest absolute Gasteiger partial charge is 0.376 e. The van der Waals surface area contributed by atoms with Crippen LogP contribution in [0.2, 0.25) is 0 Å². The monoisotopic (exact) mass is 342 g/mol. The van der Waals surface area contributed by atoms with E-state index in [1.54, 1.807) is 11.8 Å². The fraction of sp³-hybridized carbons (Fsp3) is 0.474. The first-order chi connectivity index (χ1) is 11.8. The van der Waals surface area contributed by atoms with Gasteiger partial charge in [-0.15, -0.1) is 11.8 Å². The molecule has 4 rings (SSSR count). The number of nitrogens with zero attached hydrogens (tertiary/aromatic N) is 2. The summed E-state index contributed by atoms with van der Waals surface area (Å²) in [6.45, 7) is 1.48. The highest BCUT2D eigenvalue weighted by molar-refractivity contribution is 7.98. The van der Waals surface area contributed by atoms with E-state index < -0.39 is 0 Å². The topological polar surface area (TPSA) is 44.1 Å². The van der Waals surface area contributed by atoms with Gasteiger partial charge in [0.25, 0.3) is 0 Å². The summed E-state index contributed by atoms with van der Waals surface area (Å²) in [7, 11) is 0. The molecule has 2 heterocycles. The Morgan fingerprint density at radius 3 is 2.88 bits per heavy atom. The van der Waals surface area contributed by atoms with E-state index in [0.29, 0.717) is 6.54 Å². The van der Waals surface area contributed by atoms with E-state index in [2.05, 4.69) is 17.1 Å². The van der Waals surface area contributed by atoms with Crippen molar-refractivity contribution in [2.45, 2.75) is 55.5 Å². The standard InChI is InChI=1S/C19H22N2O2S/c22-19-20-18(24-13-14-6-2-1-3-7-14)16-9-4-10-17(16)21(19)12-15-8-5-11-23-15/h1-3,6-7,15H,4-5,8-13H2/t15-/m1/s1. The van der Waals surface area contributed by atoms with Crippen molar-refractivity contribution in [1.29, 1.82) is 0 Å². The quantitative estimate of drug-likeness (QED) is 0.618. The molecule has 0 N–H and O–H groups in total. The van der Waals surface area contributed by atoms with Crippen molar-refractivity contribution in [2.75, 3.05) is 6.61 Å². The zero-order valence-electron chi connectivity index (χ0n) is 13.7. The lowest BCUT2D eigenvalue weighted by Crippen LogP contribution is -2.31. The summed E-state index contributed by atoms with van der Waals surface area (Å²) in [5.41, 5.74) is 3.64. The highest BCUT2D eigenvalue weighted by Gasteiger charge is 2.25. The van der Waals surface area contributed by atoms with Gasteiger partial charge in [0.2, 0.25) is 0 Å². The third-order valence-electron chi connectivity index (χ3n) is 4.83. The van der Waals surface area contributed by atoms with Crippen LogP contribution in [0.5, 0.6) is 0 Å². The smallest absolute Gasteiger partial charge is 0.348 e. The van der Waals surface area contributed by atoms with Crippen LogP contribution in [-0.4, -0.2) is 22.3 Å². The van der Waals surface area contributed by atoms with Crippen LogP contribution < -0.4 is 5.69 Å². The summed E-state index contributed by atoms with van der Waals surface area (Å²) in [6.07, 6.45) is 5.46. The molecule has 0 bridgehead atoms. The average molecular weight is 342 g/mol. The Kier molecular flexibility index (Phi) is 4.72. The minimum atomic E-state index is -0.110. The van der Waals surface area contributed by atoms with Gasteiger partial charge < -0.3 is 4.74 Å². The van der Waals surface area contributed by atoms with Gasteiger partial charge in [0.05, 0.1) is 12.6 Å². The van der Waals surface area contributed by atoms with Crippen molar-refractivity contribution in [3.8, 4) is 0 Å². The van der Waals surface area contributed by atoms with Gasteiger partial charge in [0, 0.05) is 23.6 Å². The van der Waals surface area contributed by atoms with E-state index in [4.69, 9.17) is 4.74 Å². The average Bonchev–Trinajstić information content (AvgIpc) is 3.28. The van der Waals surface area contributed by atoms with E-state index in [9.17, 15) is 4.79 Å². The van der Waals surface area contributed by atoms with Crippen molar-refractivity contribution in [1.82, 2.24) is 9.55 Å². The maximum atomic E-state index is 12.6. The highest BCUT2D eigenvalue weighted by atomic mass is 32.2. The van der Waals surface area contributed by atoms with Gasteiger partial charge in [0.15, 0.2) is 0 Å².